The lowest BCUT2D eigenvalue weighted by atomic mass is 10.1. The highest BCUT2D eigenvalue weighted by molar-refractivity contribution is 4.75. The molecule has 0 bridgehead atoms. The molecule has 0 aromatic rings. The van der Waals surface area contributed by atoms with E-state index in [2.05, 4.69) is 21.7 Å². The summed E-state index contributed by atoms with van der Waals surface area (Å²) in [5, 5.41) is 21.1. The van der Waals surface area contributed by atoms with Crippen LogP contribution in [-0.2, 0) is 0 Å². The summed E-state index contributed by atoms with van der Waals surface area (Å²) >= 11 is 0. The van der Waals surface area contributed by atoms with Gasteiger partial charge in [-0.15, -0.1) is 0 Å². The minimum absolute atomic E-state index is 0.218. The van der Waals surface area contributed by atoms with E-state index in [0.717, 1.165) is 83.0 Å². The van der Waals surface area contributed by atoms with Crippen LogP contribution in [0, 0.1) is 0 Å². The summed E-state index contributed by atoms with van der Waals surface area (Å²) in [5.74, 6) is 0. The molecule has 27 heavy (non-hydrogen) atoms. The van der Waals surface area contributed by atoms with Crippen molar-refractivity contribution in [3.63, 3.8) is 0 Å². The number of nitrogens with zero attached hydrogens (tertiary/aromatic N) is 4. The number of likely N-dealkylation sites (tertiary alicyclic amines) is 2. The molecule has 6 heteroatoms. The molecule has 158 valence electrons. The normalized spacial score (nSPS) is 28.1. The Hall–Kier alpha value is -0.240. The number of aliphatic hydroxyl groups excluding tert-OH is 2. The van der Waals surface area contributed by atoms with Crippen LogP contribution in [0.1, 0.15) is 38.5 Å². The maximum atomic E-state index is 10.6. The number of aliphatic hydroxyl groups is 2. The number of hydrogen-bond acceptors (Lipinski definition) is 5. The fourth-order valence-corrected chi connectivity index (χ4v) is 5.16. The molecule has 0 amide bonds. The van der Waals surface area contributed by atoms with Gasteiger partial charge in [-0.25, -0.2) is 0 Å². The molecule has 3 saturated heterocycles. The molecule has 3 aliphatic heterocycles. The highest BCUT2D eigenvalue weighted by Gasteiger charge is 2.32. The first-order valence-corrected chi connectivity index (χ1v) is 11.4. The second-order valence-electron chi connectivity index (χ2n) is 9.58. The Kier molecular flexibility index (Phi) is 8.36. The van der Waals surface area contributed by atoms with Gasteiger partial charge in [-0.3, -0.25) is 4.90 Å². The zero-order valence-electron chi connectivity index (χ0n) is 17.6. The average Bonchev–Trinajstić information content (AvgIpc) is 2.65. The van der Waals surface area contributed by atoms with Gasteiger partial charge >= 0.3 is 0 Å². The Bertz CT molecular complexity index is 416. The molecule has 0 aromatic carbocycles. The summed E-state index contributed by atoms with van der Waals surface area (Å²) < 4.78 is 0.966. The summed E-state index contributed by atoms with van der Waals surface area (Å²) in [5.41, 5.74) is 0. The molecule has 6 nitrogen and oxygen atoms in total. The van der Waals surface area contributed by atoms with Crippen LogP contribution in [-0.4, -0.2) is 127 Å². The summed E-state index contributed by atoms with van der Waals surface area (Å²) in [4.78, 5) is 7.29. The minimum Gasteiger partial charge on any atom is -0.390 e. The number of hydrogen-bond donors (Lipinski definition) is 2. The molecular formula is C21H43N4O2+. The van der Waals surface area contributed by atoms with E-state index in [0.29, 0.717) is 0 Å². The quantitative estimate of drug-likeness (QED) is 0.596. The SMILES string of the molecule is C[N+]1(CC(O)CN2CCCCC2)CCN(CC(O)CN2CCCCC2)CC1. The van der Waals surface area contributed by atoms with E-state index in [1.807, 2.05) is 0 Å². The predicted octanol–water partition coefficient (Wildman–Crippen LogP) is 0.442. The van der Waals surface area contributed by atoms with Crippen LogP contribution in [0.3, 0.4) is 0 Å². The Morgan fingerprint density at radius 1 is 0.630 bits per heavy atom. The van der Waals surface area contributed by atoms with Crippen molar-refractivity contribution < 1.29 is 14.7 Å². The van der Waals surface area contributed by atoms with Crippen molar-refractivity contribution in [2.75, 3.05) is 85.6 Å². The summed E-state index contributed by atoms with van der Waals surface area (Å²) in [6.07, 6.45) is 7.38. The van der Waals surface area contributed by atoms with E-state index in [1.54, 1.807) is 0 Å². The second-order valence-corrected chi connectivity index (χ2v) is 9.58. The third kappa shape index (κ3) is 7.26. The Balaban J connectivity index is 1.34. The number of rotatable bonds is 8. The predicted molar refractivity (Wildman–Crippen MR) is 110 cm³/mol. The van der Waals surface area contributed by atoms with Crippen molar-refractivity contribution in [1.29, 1.82) is 0 Å². The highest BCUT2D eigenvalue weighted by atomic mass is 16.3. The summed E-state index contributed by atoms with van der Waals surface area (Å²) in [6.45, 7) is 12.2. The van der Waals surface area contributed by atoms with Crippen molar-refractivity contribution in [2.24, 2.45) is 0 Å². The first kappa shape index (κ1) is 21.5. The number of piperazine rings is 1. The standard InChI is InChI=1S/C21H43N4O2/c1-25(19-21(27)18-23-10-6-3-7-11-23)14-12-24(13-15-25)17-20(26)16-22-8-4-2-5-9-22/h20-21,26-27H,2-19H2,1H3/q+1. The number of quaternary nitrogens is 1. The third-order valence-corrected chi connectivity index (χ3v) is 6.87. The highest BCUT2D eigenvalue weighted by Crippen LogP contribution is 2.15. The Labute approximate surface area is 166 Å². The topological polar surface area (TPSA) is 50.2 Å². The van der Waals surface area contributed by atoms with Crippen LogP contribution in [0.2, 0.25) is 0 Å². The molecule has 3 fully saturated rings. The van der Waals surface area contributed by atoms with Crippen molar-refractivity contribution in [2.45, 2.75) is 50.7 Å². The molecule has 3 heterocycles. The van der Waals surface area contributed by atoms with E-state index in [9.17, 15) is 10.2 Å². The fraction of sp³-hybridized carbons (Fsp3) is 1.00. The van der Waals surface area contributed by atoms with Crippen LogP contribution < -0.4 is 0 Å². The van der Waals surface area contributed by atoms with Crippen molar-refractivity contribution in [3.05, 3.63) is 0 Å². The van der Waals surface area contributed by atoms with E-state index in [1.165, 1.54) is 38.5 Å². The van der Waals surface area contributed by atoms with Crippen LogP contribution in [0.4, 0.5) is 0 Å². The molecule has 0 radical (unpaired) electrons. The molecule has 0 saturated carbocycles. The van der Waals surface area contributed by atoms with E-state index in [-0.39, 0.29) is 12.2 Å². The van der Waals surface area contributed by atoms with Gasteiger partial charge in [0.05, 0.1) is 26.2 Å². The zero-order chi connectivity index (χ0) is 19.1. The van der Waals surface area contributed by atoms with Gasteiger partial charge in [0.1, 0.15) is 12.6 Å². The summed E-state index contributed by atoms with van der Waals surface area (Å²) in [6, 6.07) is 0. The Morgan fingerprint density at radius 2 is 1.04 bits per heavy atom. The zero-order valence-corrected chi connectivity index (χ0v) is 17.6. The van der Waals surface area contributed by atoms with E-state index in [4.69, 9.17) is 0 Å². The molecule has 0 aliphatic carbocycles. The number of likely N-dealkylation sites (N-methyl/N-ethyl adjacent to an activating group) is 1. The van der Waals surface area contributed by atoms with Crippen molar-refractivity contribution in [3.8, 4) is 0 Å². The lowest BCUT2D eigenvalue weighted by molar-refractivity contribution is -0.916. The van der Waals surface area contributed by atoms with Crippen LogP contribution in [0.25, 0.3) is 0 Å². The Morgan fingerprint density at radius 3 is 1.52 bits per heavy atom. The molecule has 0 spiro atoms. The third-order valence-electron chi connectivity index (χ3n) is 6.87. The van der Waals surface area contributed by atoms with Gasteiger partial charge in [0.2, 0.25) is 0 Å². The molecule has 2 N–H and O–H groups in total. The van der Waals surface area contributed by atoms with E-state index < -0.39 is 0 Å². The smallest absolute Gasteiger partial charge is 0.115 e. The summed E-state index contributed by atoms with van der Waals surface area (Å²) in [7, 11) is 2.29. The number of piperidine rings is 2. The van der Waals surface area contributed by atoms with Gasteiger partial charge in [-0.05, 0) is 51.9 Å². The molecular weight excluding hydrogens is 340 g/mol. The lowest BCUT2D eigenvalue weighted by Crippen LogP contribution is -2.61. The van der Waals surface area contributed by atoms with Gasteiger partial charge in [0.25, 0.3) is 0 Å². The average molecular weight is 384 g/mol. The van der Waals surface area contributed by atoms with Crippen molar-refractivity contribution >= 4 is 0 Å². The van der Waals surface area contributed by atoms with Gasteiger partial charge in [-0.2, -0.15) is 0 Å². The molecule has 3 aliphatic rings. The van der Waals surface area contributed by atoms with Crippen LogP contribution >= 0.6 is 0 Å². The maximum absolute atomic E-state index is 10.6. The second kappa shape index (κ2) is 10.5. The van der Waals surface area contributed by atoms with Gasteiger partial charge < -0.3 is 24.5 Å². The van der Waals surface area contributed by atoms with E-state index >= 15 is 0 Å². The van der Waals surface area contributed by atoms with Gasteiger partial charge in [0.15, 0.2) is 0 Å². The van der Waals surface area contributed by atoms with Crippen molar-refractivity contribution in [1.82, 2.24) is 14.7 Å². The number of β-amino-alcohol motifs (C(OH)–C–C–N with tert-alkyl or cyclic N) is 2. The lowest BCUT2D eigenvalue weighted by Gasteiger charge is -2.44. The van der Waals surface area contributed by atoms with Gasteiger partial charge in [0, 0.05) is 32.7 Å². The first-order valence-electron chi connectivity index (χ1n) is 11.4. The largest absolute Gasteiger partial charge is 0.390 e. The first-order chi connectivity index (χ1) is 13.0. The monoisotopic (exact) mass is 383 g/mol. The molecule has 0 aromatic heterocycles. The molecule has 2 atom stereocenters. The molecule has 2 unspecified atom stereocenters. The van der Waals surface area contributed by atoms with Crippen LogP contribution in [0.15, 0.2) is 0 Å². The molecule has 3 rings (SSSR count). The van der Waals surface area contributed by atoms with Gasteiger partial charge in [-0.1, -0.05) is 12.8 Å². The minimum atomic E-state index is -0.232. The fourth-order valence-electron chi connectivity index (χ4n) is 5.16. The maximum Gasteiger partial charge on any atom is 0.115 e. The van der Waals surface area contributed by atoms with Crippen LogP contribution in [0.5, 0.6) is 0 Å².